The Hall–Kier alpha value is -2.17. The van der Waals surface area contributed by atoms with Gasteiger partial charge in [0.05, 0.1) is 0 Å². The molecule has 1 aromatic heterocycles. The monoisotopic (exact) mass is 204 g/mol. The van der Waals surface area contributed by atoms with Crippen LogP contribution in [0.5, 0.6) is 0 Å². The minimum atomic E-state index is -0.510. The summed E-state index contributed by atoms with van der Waals surface area (Å²) in [6.45, 7) is 0. The molecule has 0 radical (unpaired) electrons. The molecule has 76 valence electrons. The van der Waals surface area contributed by atoms with E-state index in [4.69, 9.17) is 0 Å². The van der Waals surface area contributed by atoms with Gasteiger partial charge < -0.3 is 0 Å². The molecule has 0 atom stereocenters. The maximum absolute atomic E-state index is 11.0. The van der Waals surface area contributed by atoms with Crippen LogP contribution in [0.4, 0.5) is 0 Å². The number of aldehydes is 1. The van der Waals surface area contributed by atoms with Gasteiger partial charge in [-0.05, 0) is 0 Å². The highest BCUT2D eigenvalue weighted by atomic mass is 16.5. The summed E-state index contributed by atoms with van der Waals surface area (Å²) in [6.07, 6.45) is 0.756. The molecule has 5 nitrogen and oxygen atoms in total. The number of hydrogen-bond acceptors (Lipinski definition) is 4. The van der Waals surface area contributed by atoms with Crippen molar-refractivity contribution in [2.45, 2.75) is 0 Å². The summed E-state index contributed by atoms with van der Waals surface area (Å²) in [4.78, 5) is 21.4. The van der Waals surface area contributed by atoms with Gasteiger partial charge in [0.2, 0.25) is 0 Å². The number of hydrogen-bond donors (Lipinski definition) is 0. The molecule has 1 aromatic carbocycles. The molecule has 0 aliphatic rings. The first-order chi connectivity index (χ1) is 7.22. The fourth-order valence-corrected chi connectivity index (χ4v) is 1.25. The Balaban J connectivity index is 2.50. The van der Waals surface area contributed by atoms with Crippen molar-refractivity contribution in [3.63, 3.8) is 0 Å². The van der Waals surface area contributed by atoms with E-state index < -0.39 is 5.76 Å². The highest BCUT2D eigenvalue weighted by Crippen LogP contribution is 2.14. The molecule has 0 N–H and O–H groups in total. The third-order valence-electron chi connectivity index (χ3n) is 2.11. The van der Waals surface area contributed by atoms with Crippen LogP contribution < -0.4 is 5.76 Å². The van der Waals surface area contributed by atoms with Crippen LogP contribution in [0.2, 0.25) is 0 Å². The Kier molecular flexibility index (Phi) is 2.21. The Morgan fingerprint density at radius 3 is 2.47 bits per heavy atom. The fraction of sp³-hybridized carbons (Fsp3) is 0.100. The molecule has 15 heavy (non-hydrogen) atoms. The van der Waals surface area contributed by atoms with Crippen molar-refractivity contribution in [2.24, 2.45) is 7.05 Å². The van der Waals surface area contributed by atoms with E-state index in [2.05, 4.69) is 9.68 Å². The molecule has 0 spiro atoms. The number of carbonyl (C=O) groups excluding carboxylic acids is 1. The zero-order valence-electron chi connectivity index (χ0n) is 8.01. The van der Waals surface area contributed by atoms with Crippen LogP contribution in [0.1, 0.15) is 10.4 Å². The van der Waals surface area contributed by atoms with Crippen molar-refractivity contribution in [3.05, 3.63) is 40.4 Å². The van der Waals surface area contributed by atoms with Crippen molar-refractivity contribution in [2.75, 3.05) is 0 Å². The average Bonchev–Trinajstić information content (AvgIpc) is 2.60. The van der Waals surface area contributed by atoms with Crippen molar-refractivity contribution in [3.8, 4) is 11.4 Å². The van der Waals surface area contributed by atoms with E-state index in [9.17, 15) is 9.59 Å². The third-order valence-corrected chi connectivity index (χ3v) is 2.11. The number of rotatable bonds is 2. The summed E-state index contributed by atoms with van der Waals surface area (Å²) in [5.74, 6) is -0.0677. The lowest BCUT2D eigenvalue weighted by Crippen LogP contribution is -2.10. The van der Waals surface area contributed by atoms with Crippen molar-refractivity contribution in [1.82, 2.24) is 9.72 Å². The minimum Gasteiger partial charge on any atom is -0.298 e. The molecule has 0 fully saturated rings. The molecule has 0 bridgehead atoms. The molecule has 0 saturated carbocycles. The van der Waals surface area contributed by atoms with Crippen molar-refractivity contribution in [1.29, 1.82) is 0 Å². The van der Waals surface area contributed by atoms with Crippen molar-refractivity contribution < 1.29 is 9.32 Å². The smallest absolute Gasteiger partial charge is 0.298 e. The second-order valence-electron chi connectivity index (χ2n) is 3.07. The van der Waals surface area contributed by atoms with E-state index in [1.165, 1.54) is 4.57 Å². The Morgan fingerprint density at radius 2 is 2.00 bits per heavy atom. The van der Waals surface area contributed by atoms with Crippen LogP contribution in [-0.4, -0.2) is 16.0 Å². The lowest BCUT2D eigenvalue weighted by atomic mass is 10.1. The molecular formula is C10H8N2O3. The zero-order valence-corrected chi connectivity index (χ0v) is 8.01. The first kappa shape index (κ1) is 9.39. The molecule has 0 saturated heterocycles. The maximum Gasteiger partial charge on any atom is 0.441 e. The molecule has 5 heteroatoms. The SMILES string of the molecule is Cn1c(-c2ccc(C=O)cc2)noc1=O. The lowest BCUT2D eigenvalue weighted by molar-refractivity contribution is 0.112. The normalized spacial score (nSPS) is 10.2. The molecule has 0 aliphatic carbocycles. The first-order valence-corrected chi connectivity index (χ1v) is 4.30. The van der Waals surface area contributed by atoms with Gasteiger partial charge in [-0.2, -0.15) is 0 Å². The van der Waals surface area contributed by atoms with Crippen LogP contribution in [0.25, 0.3) is 11.4 Å². The molecule has 2 rings (SSSR count). The van der Waals surface area contributed by atoms with Gasteiger partial charge in [0.15, 0.2) is 5.82 Å². The van der Waals surface area contributed by atoms with Gasteiger partial charge in [0, 0.05) is 18.2 Å². The molecule has 0 amide bonds. The maximum atomic E-state index is 11.0. The molecule has 2 aromatic rings. The van der Waals surface area contributed by atoms with E-state index in [1.54, 1.807) is 31.3 Å². The third kappa shape index (κ3) is 1.59. The van der Waals surface area contributed by atoms with E-state index in [-0.39, 0.29) is 0 Å². The van der Waals surface area contributed by atoms with Gasteiger partial charge in [0.25, 0.3) is 0 Å². The Morgan fingerprint density at radius 1 is 1.33 bits per heavy atom. The van der Waals surface area contributed by atoms with E-state index in [1.807, 2.05) is 0 Å². The summed E-state index contributed by atoms with van der Waals surface area (Å²) >= 11 is 0. The summed E-state index contributed by atoms with van der Waals surface area (Å²) in [6, 6.07) is 6.73. The largest absolute Gasteiger partial charge is 0.441 e. The predicted octanol–water partition coefficient (Wildman–Crippen LogP) is 0.853. The van der Waals surface area contributed by atoms with Gasteiger partial charge in [0.1, 0.15) is 6.29 Å². The minimum absolute atomic E-state index is 0.442. The Bertz CT molecular complexity index is 537. The van der Waals surface area contributed by atoms with Crippen LogP contribution in [0.15, 0.2) is 33.6 Å². The van der Waals surface area contributed by atoms with Gasteiger partial charge in [-0.25, -0.2) is 4.79 Å². The van der Waals surface area contributed by atoms with Crippen LogP contribution >= 0.6 is 0 Å². The average molecular weight is 204 g/mol. The molecule has 1 heterocycles. The topological polar surface area (TPSA) is 65.1 Å². The second kappa shape index (κ2) is 3.53. The summed E-state index contributed by atoms with van der Waals surface area (Å²) in [5, 5.41) is 3.63. The predicted molar refractivity (Wildman–Crippen MR) is 52.6 cm³/mol. The second-order valence-corrected chi connectivity index (χ2v) is 3.07. The van der Waals surface area contributed by atoms with Gasteiger partial charge in [-0.15, -0.1) is 0 Å². The molecule has 0 aliphatic heterocycles. The summed E-state index contributed by atoms with van der Waals surface area (Å²) in [7, 11) is 1.57. The van der Waals surface area contributed by atoms with Crippen LogP contribution in [0.3, 0.4) is 0 Å². The van der Waals surface area contributed by atoms with E-state index in [0.29, 0.717) is 11.4 Å². The van der Waals surface area contributed by atoms with E-state index >= 15 is 0 Å². The quantitative estimate of drug-likeness (QED) is 0.680. The van der Waals surface area contributed by atoms with Crippen LogP contribution in [-0.2, 0) is 7.05 Å². The number of benzene rings is 1. The van der Waals surface area contributed by atoms with Gasteiger partial charge in [-0.3, -0.25) is 13.9 Å². The van der Waals surface area contributed by atoms with E-state index in [0.717, 1.165) is 11.8 Å². The summed E-state index contributed by atoms with van der Waals surface area (Å²) < 4.78 is 5.80. The zero-order chi connectivity index (χ0) is 10.8. The first-order valence-electron chi connectivity index (χ1n) is 4.30. The number of carbonyl (C=O) groups is 1. The fourth-order valence-electron chi connectivity index (χ4n) is 1.25. The summed E-state index contributed by atoms with van der Waals surface area (Å²) in [5.41, 5.74) is 1.31. The number of aromatic nitrogens is 2. The van der Waals surface area contributed by atoms with Gasteiger partial charge >= 0.3 is 5.76 Å². The number of nitrogens with zero attached hydrogens (tertiary/aromatic N) is 2. The lowest BCUT2D eigenvalue weighted by Gasteiger charge is -1.97. The standard InChI is InChI=1S/C10H8N2O3/c1-12-9(11-15-10(12)14)8-4-2-7(6-13)3-5-8/h2-6H,1H3. The Labute approximate surface area is 84.9 Å². The molecule has 0 unspecified atom stereocenters. The molecular weight excluding hydrogens is 196 g/mol. The highest BCUT2D eigenvalue weighted by Gasteiger charge is 2.08. The highest BCUT2D eigenvalue weighted by molar-refractivity contribution is 5.76. The van der Waals surface area contributed by atoms with Gasteiger partial charge in [-0.1, -0.05) is 29.4 Å². The van der Waals surface area contributed by atoms with Crippen LogP contribution in [0, 0.1) is 0 Å². The van der Waals surface area contributed by atoms with Crippen molar-refractivity contribution >= 4 is 6.29 Å².